The van der Waals surface area contributed by atoms with E-state index in [1.165, 1.54) is 0 Å². The molecule has 2 N–H and O–H groups in total. The molecule has 0 spiro atoms. The van der Waals surface area contributed by atoms with E-state index in [0.29, 0.717) is 27.1 Å². The highest BCUT2D eigenvalue weighted by atomic mass is 35.5. The Hall–Kier alpha value is -1.30. The van der Waals surface area contributed by atoms with Gasteiger partial charge in [-0.3, -0.25) is 0 Å². The summed E-state index contributed by atoms with van der Waals surface area (Å²) in [5, 5.41) is 4.72. The van der Waals surface area contributed by atoms with Gasteiger partial charge in [-0.2, -0.15) is 4.98 Å². The van der Waals surface area contributed by atoms with Crippen LogP contribution in [0.25, 0.3) is 11.5 Å². The lowest BCUT2D eigenvalue weighted by Crippen LogP contribution is -2.10. The fourth-order valence-corrected chi connectivity index (χ4v) is 2.32. The molecule has 1 atom stereocenters. The van der Waals surface area contributed by atoms with Crippen LogP contribution in [0.5, 0.6) is 0 Å². The molecule has 20 heavy (non-hydrogen) atoms. The largest absolute Gasteiger partial charge is 0.397 e. The Labute approximate surface area is 127 Å². The average Bonchev–Trinajstić information content (AvgIpc) is 2.84. The van der Waals surface area contributed by atoms with Gasteiger partial charge in [0.1, 0.15) is 6.10 Å². The number of halogens is 2. The normalized spacial score (nSPS) is 12.9. The summed E-state index contributed by atoms with van der Waals surface area (Å²) in [7, 11) is 1.60. The van der Waals surface area contributed by atoms with E-state index in [1.54, 1.807) is 19.2 Å². The van der Waals surface area contributed by atoms with Gasteiger partial charge in [-0.1, -0.05) is 42.2 Å². The van der Waals surface area contributed by atoms with Gasteiger partial charge in [0.05, 0.1) is 21.3 Å². The van der Waals surface area contributed by atoms with Crippen LogP contribution in [-0.2, 0) is 4.74 Å². The zero-order chi connectivity index (χ0) is 14.9. The second-order valence-electron chi connectivity index (χ2n) is 4.68. The summed E-state index contributed by atoms with van der Waals surface area (Å²) in [6, 6.07) is 3.25. The summed E-state index contributed by atoms with van der Waals surface area (Å²) in [6.07, 6.45) is -0.258. The minimum absolute atomic E-state index is 0.206. The first-order chi connectivity index (χ1) is 9.45. The van der Waals surface area contributed by atoms with Crippen molar-refractivity contribution in [1.82, 2.24) is 10.1 Å². The Morgan fingerprint density at radius 1 is 1.25 bits per heavy atom. The first-order valence-electron chi connectivity index (χ1n) is 6.06. The maximum absolute atomic E-state index is 6.12. The van der Waals surface area contributed by atoms with Gasteiger partial charge in [-0.15, -0.1) is 0 Å². The number of rotatable bonds is 4. The van der Waals surface area contributed by atoms with Crippen molar-refractivity contribution in [3.8, 4) is 11.5 Å². The molecule has 5 nitrogen and oxygen atoms in total. The van der Waals surface area contributed by atoms with E-state index in [4.69, 9.17) is 38.2 Å². The van der Waals surface area contributed by atoms with Gasteiger partial charge >= 0.3 is 0 Å². The van der Waals surface area contributed by atoms with E-state index in [1.807, 2.05) is 13.8 Å². The highest BCUT2D eigenvalue weighted by Crippen LogP contribution is 2.37. The average molecular weight is 316 g/mol. The Bertz CT molecular complexity index is 614. The van der Waals surface area contributed by atoms with Crippen LogP contribution in [-0.4, -0.2) is 17.3 Å². The fourth-order valence-electron chi connectivity index (χ4n) is 1.91. The van der Waals surface area contributed by atoms with Crippen molar-refractivity contribution in [2.45, 2.75) is 20.0 Å². The van der Waals surface area contributed by atoms with E-state index in [-0.39, 0.29) is 17.9 Å². The Kier molecular flexibility index (Phi) is 4.52. The molecule has 2 rings (SSSR count). The fraction of sp³-hybridized carbons (Fsp3) is 0.385. The third-order valence-electron chi connectivity index (χ3n) is 2.91. The number of benzene rings is 1. The third-order valence-corrected chi connectivity index (χ3v) is 3.56. The molecule has 1 unspecified atom stereocenters. The van der Waals surface area contributed by atoms with Gasteiger partial charge < -0.3 is 15.0 Å². The van der Waals surface area contributed by atoms with E-state index >= 15 is 0 Å². The minimum atomic E-state index is -0.258. The molecule has 7 heteroatoms. The molecular weight excluding hydrogens is 301 g/mol. The van der Waals surface area contributed by atoms with Crippen LogP contribution in [0.3, 0.4) is 0 Å². The topological polar surface area (TPSA) is 74.2 Å². The summed E-state index contributed by atoms with van der Waals surface area (Å²) < 4.78 is 10.6. The zero-order valence-corrected chi connectivity index (χ0v) is 12.9. The maximum atomic E-state index is 6.12. The van der Waals surface area contributed by atoms with Crippen LogP contribution in [0.1, 0.15) is 25.8 Å². The lowest BCUT2D eigenvalue weighted by Gasteiger charge is -2.14. The van der Waals surface area contributed by atoms with Gasteiger partial charge in [0.25, 0.3) is 5.89 Å². The lowest BCUT2D eigenvalue weighted by atomic mass is 10.1. The summed E-state index contributed by atoms with van der Waals surface area (Å²) in [5.74, 6) is 0.887. The van der Waals surface area contributed by atoms with Gasteiger partial charge in [0.15, 0.2) is 0 Å². The molecule has 1 aromatic carbocycles. The third kappa shape index (κ3) is 2.75. The predicted molar refractivity (Wildman–Crippen MR) is 78.8 cm³/mol. The molecule has 0 aliphatic carbocycles. The highest BCUT2D eigenvalue weighted by Gasteiger charge is 2.24. The molecule has 0 saturated carbocycles. The molecule has 0 fully saturated rings. The number of nitrogen functional groups attached to an aromatic ring is 1. The van der Waals surface area contributed by atoms with Crippen LogP contribution >= 0.6 is 23.2 Å². The molecular formula is C13H15Cl2N3O2. The number of aromatic nitrogens is 2. The van der Waals surface area contributed by atoms with Gasteiger partial charge in [-0.05, 0) is 18.1 Å². The number of nitrogens with zero attached hydrogens (tertiary/aromatic N) is 2. The first kappa shape index (κ1) is 15.1. The minimum Gasteiger partial charge on any atom is -0.397 e. The second-order valence-corrected chi connectivity index (χ2v) is 5.49. The second kappa shape index (κ2) is 5.99. The molecule has 0 aliphatic rings. The van der Waals surface area contributed by atoms with E-state index in [0.717, 1.165) is 0 Å². The van der Waals surface area contributed by atoms with Crippen molar-refractivity contribution < 1.29 is 9.26 Å². The van der Waals surface area contributed by atoms with Gasteiger partial charge in [0.2, 0.25) is 5.82 Å². The van der Waals surface area contributed by atoms with Crippen LogP contribution in [0.2, 0.25) is 10.0 Å². The maximum Gasteiger partial charge on any atom is 0.261 e. The Balaban J connectivity index is 2.46. The zero-order valence-electron chi connectivity index (χ0n) is 11.4. The van der Waals surface area contributed by atoms with Crippen molar-refractivity contribution in [2.75, 3.05) is 12.8 Å². The number of anilines is 1. The predicted octanol–water partition coefficient (Wildman–Crippen LogP) is 3.97. The van der Waals surface area contributed by atoms with E-state index in [2.05, 4.69) is 10.1 Å². The van der Waals surface area contributed by atoms with E-state index < -0.39 is 0 Å². The molecule has 1 heterocycles. The summed E-state index contributed by atoms with van der Waals surface area (Å²) >= 11 is 12.1. The quantitative estimate of drug-likeness (QED) is 0.864. The van der Waals surface area contributed by atoms with Crippen molar-refractivity contribution in [3.05, 3.63) is 28.0 Å². The SMILES string of the molecule is COC(c1noc(-c2c(Cl)ccc(Cl)c2N)n1)C(C)C. The van der Waals surface area contributed by atoms with Gasteiger partial charge in [-0.25, -0.2) is 0 Å². The first-order valence-corrected chi connectivity index (χ1v) is 6.81. The van der Waals surface area contributed by atoms with Crippen LogP contribution in [0.4, 0.5) is 5.69 Å². The number of methoxy groups -OCH3 is 1. The van der Waals surface area contributed by atoms with Gasteiger partial charge in [0, 0.05) is 7.11 Å². The summed E-state index contributed by atoms with van der Waals surface area (Å²) in [5.41, 5.74) is 6.67. The van der Waals surface area contributed by atoms with E-state index in [9.17, 15) is 0 Å². The number of hydrogen-bond acceptors (Lipinski definition) is 5. The molecule has 108 valence electrons. The molecule has 0 radical (unpaired) electrons. The van der Waals surface area contributed by atoms with Crippen molar-refractivity contribution >= 4 is 28.9 Å². The van der Waals surface area contributed by atoms with Crippen LogP contribution in [0.15, 0.2) is 16.7 Å². The highest BCUT2D eigenvalue weighted by molar-refractivity contribution is 6.37. The molecule has 0 aliphatic heterocycles. The molecule has 2 aromatic rings. The Morgan fingerprint density at radius 3 is 2.50 bits per heavy atom. The van der Waals surface area contributed by atoms with Crippen LogP contribution in [0, 0.1) is 5.92 Å². The number of nitrogens with two attached hydrogens (primary N) is 1. The smallest absolute Gasteiger partial charge is 0.261 e. The van der Waals surface area contributed by atoms with Crippen molar-refractivity contribution in [2.24, 2.45) is 5.92 Å². The Morgan fingerprint density at radius 2 is 1.90 bits per heavy atom. The van der Waals surface area contributed by atoms with Crippen molar-refractivity contribution in [1.29, 1.82) is 0 Å². The summed E-state index contributed by atoms with van der Waals surface area (Å²) in [6.45, 7) is 4.01. The monoisotopic (exact) mass is 315 g/mol. The lowest BCUT2D eigenvalue weighted by molar-refractivity contribution is 0.0556. The molecule has 0 saturated heterocycles. The number of hydrogen-bond donors (Lipinski definition) is 1. The molecule has 0 bridgehead atoms. The summed E-state index contributed by atoms with van der Waals surface area (Å²) in [4.78, 5) is 4.31. The molecule has 1 aromatic heterocycles. The molecule has 0 amide bonds. The number of ether oxygens (including phenoxy) is 1. The van der Waals surface area contributed by atoms with Crippen molar-refractivity contribution in [3.63, 3.8) is 0 Å². The van der Waals surface area contributed by atoms with Crippen LogP contribution < -0.4 is 5.73 Å². The standard InChI is InChI=1S/C13H15Cl2N3O2/c1-6(2)11(19-3)12-17-13(20-18-12)9-7(14)4-5-8(15)10(9)16/h4-6,11H,16H2,1-3H3.